The number of nitrogens with zero attached hydrogens (tertiary/aromatic N) is 3. The van der Waals surface area contributed by atoms with E-state index >= 15 is 0 Å². The summed E-state index contributed by atoms with van der Waals surface area (Å²) in [5.74, 6) is 0.243. The summed E-state index contributed by atoms with van der Waals surface area (Å²) < 4.78 is 32.2. The maximum absolute atomic E-state index is 11.7. The van der Waals surface area contributed by atoms with Crippen LogP contribution in [0, 0.1) is 10.1 Å². The Kier molecular flexibility index (Phi) is 3.91. The second kappa shape index (κ2) is 5.50. The van der Waals surface area contributed by atoms with Gasteiger partial charge in [-0.15, -0.1) is 0 Å². The van der Waals surface area contributed by atoms with Gasteiger partial charge >= 0.3 is 5.69 Å². The fourth-order valence-electron chi connectivity index (χ4n) is 1.59. The van der Waals surface area contributed by atoms with Crippen LogP contribution in [0.4, 0.5) is 5.69 Å². The maximum atomic E-state index is 11.7. The van der Waals surface area contributed by atoms with Gasteiger partial charge in [0.05, 0.1) is 22.2 Å². The topological polar surface area (TPSA) is 116 Å². The van der Waals surface area contributed by atoms with E-state index in [-0.39, 0.29) is 10.6 Å². The molecule has 0 fully saturated rings. The molecule has 0 bridgehead atoms. The molecule has 0 saturated heterocycles. The van der Waals surface area contributed by atoms with Crippen LogP contribution in [-0.4, -0.2) is 30.2 Å². The van der Waals surface area contributed by atoms with E-state index in [4.69, 9.17) is 4.74 Å². The first-order chi connectivity index (χ1) is 9.83. The van der Waals surface area contributed by atoms with E-state index in [0.717, 1.165) is 6.07 Å². The third-order valence-corrected chi connectivity index (χ3v) is 4.03. The number of ether oxygens (including phenoxy) is 1. The van der Waals surface area contributed by atoms with E-state index in [1.165, 1.54) is 36.3 Å². The maximum Gasteiger partial charge on any atom is 0.312 e. The number of hydrogen-bond donors (Lipinski definition) is 1. The predicted octanol–water partition coefficient (Wildman–Crippen LogP) is 1.03. The van der Waals surface area contributed by atoms with E-state index in [1.54, 1.807) is 7.05 Å². The summed E-state index contributed by atoms with van der Waals surface area (Å²) in [5, 5.41) is 14.9. The summed E-state index contributed by atoms with van der Waals surface area (Å²) in [5.41, 5.74) is -0.449. The third kappa shape index (κ3) is 3.17. The Balaban J connectivity index is 2.45. The van der Waals surface area contributed by atoms with Crippen molar-refractivity contribution < 1.29 is 18.1 Å². The fourth-order valence-corrected chi connectivity index (χ4v) is 2.34. The van der Waals surface area contributed by atoms with Crippen molar-refractivity contribution in [2.75, 3.05) is 7.05 Å². The van der Waals surface area contributed by atoms with Gasteiger partial charge in [0.25, 0.3) is 0 Å². The minimum atomic E-state index is -3.77. The van der Waals surface area contributed by atoms with Gasteiger partial charge in [0.1, 0.15) is 0 Å². The molecule has 1 heterocycles. The lowest BCUT2D eigenvalue weighted by atomic mass is 10.3. The molecule has 0 spiro atoms. The molecule has 0 saturated carbocycles. The van der Waals surface area contributed by atoms with Crippen molar-refractivity contribution in [2.45, 2.75) is 4.90 Å². The van der Waals surface area contributed by atoms with Crippen molar-refractivity contribution in [3.05, 3.63) is 40.7 Å². The highest BCUT2D eigenvalue weighted by Crippen LogP contribution is 2.33. The van der Waals surface area contributed by atoms with Crippen LogP contribution in [0.3, 0.4) is 0 Å². The highest BCUT2D eigenvalue weighted by atomic mass is 32.2. The summed E-state index contributed by atoms with van der Waals surface area (Å²) in [4.78, 5) is 10.2. The van der Waals surface area contributed by atoms with Crippen LogP contribution < -0.4 is 9.46 Å². The van der Waals surface area contributed by atoms with Gasteiger partial charge in [-0.05, 0) is 19.2 Å². The first kappa shape index (κ1) is 14.9. The number of aryl methyl sites for hydroxylation is 1. The second-order valence-corrected chi connectivity index (χ2v) is 5.93. The molecule has 0 aliphatic heterocycles. The minimum absolute atomic E-state index is 0.0666. The van der Waals surface area contributed by atoms with Crippen LogP contribution in [0.2, 0.25) is 0 Å². The van der Waals surface area contributed by atoms with Crippen molar-refractivity contribution >= 4 is 15.7 Å². The molecule has 9 nitrogen and oxygen atoms in total. The molecule has 0 aliphatic rings. The lowest BCUT2D eigenvalue weighted by Crippen LogP contribution is -2.18. The van der Waals surface area contributed by atoms with Crippen molar-refractivity contribution in [3.8, 4) is 11.5 Å². The van der Waals surface area contributed by atoms with Crippen molar-refractivity contribution in [2.24, 2.45) is 7.05 Å². The summed E-state index contributed by atoms with van der Waals surface area (Å²) in [6, 6.07) is 3.40. The lowest BCUT2D eigenvalue weighted by molar-refractivity contribution is -0.385. The number of nitrogens with one attached hydrogen (secondary N) is 1. The number of hydrogen-bond acceptors (Lipinski definition) is 6. The summed E-state index contributed by atoms with van der Waals surface area (Å²) in [6.45, 7) is 0. The lowest BCUT2D eigenvalue weighted by Gasteiger charge is -2.06. The molecule has 21 heavy (non-hydrogen) atoms. The third-order valence-electron chi connectivity index (χ3n) is 2.62. The first-order valence-electron chi connectivity index (χ1n) is 5.72. The average molecular weight is 312 g/mol. The minimum Gasteiger partial charge on any atom is -0.447 e. The Morgan fingerprint density at radius 2 is 2.14 bits per heavy atom. The molecule has 1 aromatic heterocycles. The molecule has 0 amide bonds. The van der Waals surface area contributed by atoms with Crippen LogP contribution in [0.25, 0.3) is 0 Å². The Morgan fingerprint density at radius 3 is 2.67 bits per heavy atom. The van der Waals surface area contributed by atoms with Crippen LogP contribution in [0.15, 0.2) is 35.5 Å². The summed E-state index contributed by atoms with van der Waals surface area (Å²) in [6.07, 6.45) is 2.92. The predicted molar refractivity (Wildman–Crippen MR) is 72.6 cm³/mol. The first-order valence-corrected chi connectivity index (χ1v) is 7.20. The smallest absolute Gasteiger partial charge is 0.312 e. The number of aromatic nitrogens is 2. The van der Waals surface area contributed by atoms with Crippen molar-refractivity contribution in [1.82, 2.24) is 14.5 Å². The molecule has 2 rings (SSSR count). The number of benzene rings is 1. The highest BCUT2D eigenvalue weighted by molar-refractivity contribution is 7.89. The van der Waals surface area contributed by atoms with Gasteiger partial charge in [0.15, 0.2) is 5.75 Å². The largest absolute Gasteiger partial charge is 0.447 e. The van der Waals surface area contributed by atoms with Gasteiger partial charge < -0.3 is 4.74 Å². The van der Waals surface area contributed by atoms with Crippen LogP contribution >= 0.6 is 0 Å². The van der Waals surface area contributed by atoms with Gasteiger partial charge in [-0.25, -0.2) is 13.1 Å². The summed E-state index contributed by atoms with van der Waals surface area (Å²) in [7, 11) is -0.872. The zero-order valence-electron chi connectivity index (χ0n) is 11.2. The second-order valence-electron chi connectivity index (χ2n) is 4.05. The van der Waals surface area contributed by atoms with Crippen LogP contribution in [0.5, 0.6) is 11.5 Å². The fraction of sp³-hybridized carbons (Fsp3) is 0.182. The molecule has 2 aromatic rings. The van der Waals surface area contributed by atoms with E-state index in [1.807, 2.05) is 0 Å². The highest BCUT2D eigenvalue weighted by Gasteiger charge is 2.22. The van der Waals surface area contributed by atoms with Crippen molar-refractivity contribution in [3.63, 3.8) is 0 Å². The van der Waals surface area contributed by atoms with Crippen molar-refractivity contribution in [1.29, 1.82) is 0 Å². The Labute approximate surface area is 120 Å². The van der Waals surface area contributed by atoms with Crippen LogP contribution in [0.1, 0.15) is 0 Å². The van der Waals surface area contributed by atoms with Gasteiger partial charge in [0.2, 0.25) is 15.8 Å². The molecular weight excluding hydrogens is 300 g/mol. The van der Waals surface area contributed by atoms with E-state index in [9.17, 15) is 18.5 Å². The number of nitro groups is 1. The zero-order chi connectivity index (χ0) is 15.6. The Bertz CT molecular complexity index is 784. The van der Waals surface area contributed by atoms with Gasteiger partial charge in [-0.2, -0.15) is 5.10 Å². The molecule has 0 unspecified atom stereocenters. The monoisotopic (exact) mass is 312 g/mol. The normalized spacial score (nSPS) is 11.3. The van der Waals surface area contributed by atoms with E-state index < -0.39 is 20.6 Å². The Hall–Kier alpha value is -2.46. The number of sulfonamides is 1. The SMILES string of the molecule is CNS(=O)(=O)c1ccc(Oc2cnn(C)c2)c([N+](=O)[O-])c1. The zero-order valence-corrected chi connectivity index (χ0v) is 12.0. The molecular formula is C11H12N4O5S. The molecule has 112 valence electrons. The molecule has 1 N–H and O–H groups in total. The molecule has 10 heteroatoms. The average Bonchev–Trinajstić information content (AvgIpc) is 2.84. The number of nitro benzene ring substituents is 1. The van der Waals surface area contributed by atoms with Gasteiger partial charge in [-0.3, -0.25) is 14.8 Å². The number of rotatable bonds is 5. The molecule has 0 atom stereocenters. The Morgan fingerprint density at radius 1 is 1.43 bits per heavy atom. The molecule has 0 aliphatic carbocycles. The molecule has 1 aromatic carbocycles. The quantitative estimate of drug-likeness (QED) is 0.651. The van der Waals surface area contributed by atoms with E-state index in [2.05, 4.69) is 9.82 Å². The standard InChI is InChI=1S/C11H12N4O5S/c1-12-21(18,19)9-3-4-11(10(5-9)15(16)17)20-8-6-13-14(2)7-8/h3-7,12H,1-2H3. The van der Waals surface area contributed by atoms with Gasteiger partial charge in [-0.1, -0.05) is 0 Å². The van der Waals surface area contributed by atoms with Crippen LogP contribution in [-0.2, 0) is 17.1 Å². The van der Waals surface area contributed by atoms with Gasteiger partial charge in [0, 0.05) is 13.1 Å². The summed E-state index contributed by atoms with van der Waals surface area (Å²) >= 11 is 0. The van der Waals surface area contributed by atoms with E-state index in [0.29, 0.717) is 5.75 Å². The molecule has 0 radical (unpaired) electrons.